The Bertz CT molecular complexity index is 2790. The number of aryl methyl sites for hydroxylation is 1. The minimum absolute atomic E-state index is 0.132. The summed E-state index contributed by atoms with van der Waals surface area (Å²) in [4.78, 5) is 75.8. The number of nitrogens with one attached hydrogen (secondary N) is 5. The molecule has 344 valence electrons. The fourth-order valence-electron chi connectivity index (χ4n) is 9.71. The number of aromatic nitrogens is 5. The molecule has 6 aromatic rings. The van der Waals surface area contributed by atoms with E-state index in [0.29, 0.717) is 24.7 Å². The van der Waals surface area contributed by atoms with E-state index in [1.165, 1.54) is 14.2 Å². The predicted octanol–water partition coefficient (Wildman–Crippen LogP) is 8.49. The highest BCUT2D eigenvalue weighted by Crippen LogP contribution is 2.49. The van der Waals surface area contributed by atoms with Crippen LogP contribution in [0.25, 0.3) is 44.7 Å². The Balaban J connectivity index is 1.02. The first-order chi connectivity index (χ1) is 31.8. The summed E-state index contributed by atoms with van der Waals surface area (Å²) in [6, 6.07) is 18.9. The number of H-pyrrole nitrogens is 3. The van der Waals surface area contributed by atoms with Gasteiger partial charge in [-0.1, -0.05) is 69.7 Å². The smallest absolute Gasteiger partial charge is 0.407 e. The molecule has 66 heavy (non-hydrogen) atoms. The molecular weight excluding hydrogens is 839 g/mol. The average Bonchev–Trinajstić information content (AvgIpc) is 4.18. The third-order valence-corrected chi connectivity index (χ3v) is 13.3. The van der Waals surface area contributed by atoms with Gasteiger partial charge in [-0.25, -0.2) is 19.6 Å². The standard InChI is InChI=1S/C50H57N9O7/c1-26(2)41(56-49(62)64-6)47(60)58-20-8-10-37(58)45-51-24-35(54-45)30-17-19-34-33(22-30)40-43(53-34)32-18-16-31(23-39(32)66-44(40)29-14-12-28(5)13-15-29)36-25-52-46(55-36)38-11-9-21-59(38)48(61)42(27(3)4)57-50(63)65-7/h12-19,22-27,37-38,41-42,44,53H,8-11,20-21H2,1-7H3,(H,51,54)(H,52,55)(H,56,62)(H,57,63)/t37-,38-,41-,42-,44?/m0/s1. The number of aromatic amines is 3. The summed E-state index contributed by atoms with van der Waals surface area (Å²) < 4.78 is 16.7. The van der Waals surface area contributed by atoms with Crippen molar-refractivity contribution in [1.29, 1.82) is 0 Å². The Morgan fingerprint density at radius 3 is 1.77 bits per heavy atom. The van der Waals surface area contributed by atoms with E-state index in [4.69, 9.17) is 24.2 Å². The van der Waals surface area contributed by atoms with Gasteiger partial charge in [0.05, 0.1) is 55.8 Å². The van der Waals surface area contributed by atoms with Gasteiger partial charge >= 0.3 is 12.2 Å². The highest BCUT2D eigenvalue weighted by atomic mass is 16.5. The van der Waals surface area contributed by atoms with E-state index in [0.717, 1.165) is 92.8 Å². The zero-order valence-corrected chi connectivity index (χ0v) is 38.4. The van der Waals surface area contributed by atoms with Crippen molar-refractivity contribution in [2.75, 3.05) is 27.3 Å². The Labute approximate surface area is 383 Å². The molecule has 3 aromatic carbocycles. The topological polar surface area (TPSA) is 200 Å². The van der Waals surface area contributed by atoms with Gasteiger partial charge in [0.25, 0.3) is 0 Å². The number of nitrogens with zero attached hydrogens (tertiary/aromatic N) is 4. The number of imidazole rings is 2. The van der Waals surface area contributed by atoms with Gasteiger partial charge in [-0.2, -0.15) is 0 Å². The zero-order chi connectivity index (χ0) is 46.4. The molecule has 0 saturated carbocycles. The van der Waals surface area contributed by atoms with Gasteiger partial charge in [-0.05, 0) is 74.3 Å². The maximum absolute atomic E-state index is 13.8. The molecule has 2 saturated heterocycles. The predicted molar refractivity (Wildman–Crippen MR) is 248 cm³/mol. The summed E-state index contributed by atoms with van der Waals surface area (Å²) >= 11 is 0. The lowest BCUT2D eigenvalue weighted by Crippen LogP contribution is -2.51. The maximum Gasteiger partial charge on any atom is 0.407 e. The molecule has 9 rings (SSSR count). The van der Waals surface area contributed by atoms with Gasteiger partial charge in [0.1, 0.15) is 29.5 Å². The number of benzene rings is 3. The number of alkyl carbamates (subject to hydrolysis) is 2. The van der Waals surface area contributed by atoms with Crippen molar-refractivity contribution in [1.82, 2.24) is 45.4 Å². The minimum Gasteiger partial charge on any atom is -0.480 e. The Kier molecular flexibility index (Phi) is 12.1. The van der Waals surface area contributed by atoms with Crippen LogP contribution in [-0.4, -0.2) is 98.1 Å². The molecule has 3 aliphatic heterocycles. The SMILES string of the molecule is COC(=O)N[C@H](C(=O)N1CCC[C@H]1c1ncc(-c2ccc3c(c2)OC(c2ccc(C)cc2)c2c-3[nH]c3ccc(-c4cnc([C@@H]5CCCN5C(=O)[C@@H](NC(=O)OC)C(C)C)[nH]4)cc23)[nH]1)C(C)C. The van der Waals surface area contributed by atoms with Gasteiger partial charge in [0.2, 0.25) is 11.8 Å². The molecule has 6 heterocycles. The first-order valence-corrected chi connectivity index (χ1v) is 22.8. The minimum atomic E-state index is -0.722. The van der Waals surface area contributed by atoms with Gasteiger partial charge in [0, 0.05) is 46.2 Å². The second-order valence-electron chi connectivity index (χ2n) is 18.3. The normalized spacial score (nSPS) is 18.8. The first-order valence-electron chi connectivity index (χ1n) is 22.8. The van der Waals surface area contributed by atoms with Crippen LogP contribution < -0.4 is 15.4 Å². The van der Waals surface area contributed by atoms with Crippen LogP contribution >= 0.6 is 0 Å². The molecule has 0 aliphatic carbocycles. The number of fused-ring (bicyclic) bond motifs is 5. The number of rotatable bonds is 11. The molecule has 16 nitrogen and oxygen atoms in total. The molecule has 0 spiro atoms. The van der Waals surface area contributed by atoms with E-state index in [9.17, 15) is 19.2 Å². The van der Waals surface area contributed by atoms with E-state index in [1.54, 1.807) is 6.20 Å². The van der Waals surface area contributed by atoms with Crippen LogP contribution in [0.1, 0.15) is 99.9 Å². The molecule has 1 unspecified atom stereocenters. The van der Waals surface area contributed by atoms with Crippen molar-refractivity contribution in [3.05, 3.63) is 101 Å². The van der Waals surface area contributed by atoms with Crippen LogP contribution in [-0.2, 0) is 19.1 Å². The fourth-order valence-corrected chi connectivity index (χ4v) is 9.71. The quantitative estimate of drug-likeness (QED) is 0.0846. The Morgan fingerprint density at radius 2 is 1.24 bits per heavy atom. The van der Waals surface area contributed by atoms with Crippen molar-refractivity contribution in [3.8, 4) is 39.5 Å². The van der Waals surface area contributed by atoms with Crippen LogP contribution in [0, 0.1) is 18.8 Å². The van der Waals surface area contributed by atoms with E-state index in [1.807, 2.05) is 49.8 Å². The number of hydrogen-bond acceptors (Lipinski definition) is 9. The largest absolute Gasteiger partial charge is 0.480 e. The third kappa shape index (κ3) is 8.24. The lowest BCUT2D eigenvalue weighted by Gasteiger charge is -2.30. The Hall–Kier alpha value is -7.10. The third-order valence-electron chi connectivity index (χ3n) is 13.3. The molecule has 16 heteroatoms. The number of methoxy groups -OCH3 is 2. The van der Waals surface area contributed by atoms with Crippen LogP contribution in [0.15, 0.2) is 73.1 Å². The summed E-state index contributed by atoms with van der Waals surface area (Å²) in [6.07, 6.45) is 5.05. The summed E-state index contributed by atoms with van der Waals surface area (Å²) in [6.45, 7) is 10.8. The molecule has 5 atom stereocenters. The lowest BCUT2D eigenvalue weighted by molar-refractivity contribution is -0.136. The molecule has 2 fully saturated rings. The van der Waals surface area contributed by atoms with Gasteiger partial charge < -0.3 is 49.6 Å². The van der Waals surface area contributed by atoms with Crippen molar-refractivity contribution >= 4 is 34.9 Å². The monoisotopic (exact) mass is 895 g/mol. The van der Waals surface area contributed by atoms with Crippen LogP contribution in [0.3, 0.4) is 0 Å². The fraction of sp³-hybridized carbons (Fsp3) is 0.400. The van der Waals surface area contributed by atoms with Gasteiger partial charge in [-0.15, -0.1) is 0 Å². The first kappa shape index (κ1) is 44.1. The maximum atomic E-state index is 13.8. The van der Waals surface area contributed by atoms with Crippen molar-refractivity contribution < 1.29 is 33.4 Å². The van der Waals surface area contributed by atoms with Crippen LogP contribution in [0.5, 0.6) is 5.75 Å². The summed E-state index contributed by atoms with van der Waals surface area (Å²) in [5, 5.41) is 6.45. The Morgan fingerprint density at radius 1 is 0.712 bits per heavy atom. The van der Waals surface area contributed by atoms with Crippen LogP contribution in [0.4, 0.5) is 9.59 Å². The zero-order valence-electron chi connectivity index (χ0n) is 38.4. The molecule has 3 aromatic heterocycles. The number of likely N-dealkylation sites (tertiary alicyclic amines) is 2. The van der Waals surface area contributed by atoms with Crippen molar-refractivity contribution in [2.24, 2.45) is 11.8 Å². The molecule has 4 amide bonds. The highest BCUT2D eigenvalue weighted by molar-refractivity contribution is 5.96. The lowest BCUT2D eigenvalue weighted by atomic mass is 9.91. The van der Waals surface area contributed by atoms with E-state index < -0.39 is 30.4 Å². The van der Waals surface area contributed by atoms with Gasteiger partial charge in [-0.3, -0.25) is 9.59 Å². The average molecular weight is 896 g/mol. The number of amides is 4. The second-order valence-corrected chi connectivity index (χ2v) is 18.3. The summed E-state index contributed by atoms with van der Waals surface area (Å²) in [5.41, 5.74) is 9.48. The second kappa shape index (κ2) is 18.1. The molecule has 3 aliphatic rings. The van der Waals surface area contributed by atoms with E-state index in [2.05, 4.69) is 87.1 Å². The van der Waals surface area contributed by atoms with Crippen molar-refractivity contribution in [2.45, 2.75) is 90.6 Å². The number of carbonyl (C=O) groups is 4. The molecule has 0 radical (unpaired) electrons. The number of hydrogen-bond donors (Lipinski definition) is 5. The highest BCUT2D eigenvalue weighted by Gasteiger charge is 2.39. The molecule has 5 N–H and O–H groups in total. The summed E-state index contributed by atoms with van der Waals surface area (Å²) in [5.74, 6) is 1.52. The number of carbonyl (C=O) groups excluding carboxylic acids is 4. The van der Waals surface area contributed by atoms with Crippen molar-refractivity contribution in [3.63, 3.8) is 0 Å². The molecular formula is C50H57N9O7. The number of ether oxygens (including phenoxy) is 3. The molecule has 0 bridgehead atoms. The van der Waals surface area contributed by atoms with E-state index >= 15 is 0 Å². The van der Waals surface area contributed by atoms with Crippen LogP contribution in [0.2, 0.25) is 0 Å². The summed E-state index contributed by atoms with van der Waals surface area (Å²) in [7, 11) is 2.58. The van der Waals surface area contributed by atoms with E-state index in [-0.39, 0.29) is 35.7 Å². The van der Waals surface area contributed by atoms with Gasteiger partial charge in [0.15, 0.2) is 6.10 Å².